The minimum absolute atomic E-state index is 0.0440. The normalized spacial score (nSPS) is 14.9. The van der Waals surface area contributed by atoms with Crippen molar-refractivity contribution < 1.29 is 19.2 Å². The van der Waals surface area contributed by atoms with Crippen molar-refractivity contribution in [3.8, 4) is 0 Å². The van der Waals surface area contributed by atoms with Gasteiger partial charge >= 0.3 is 0 Å². The molecule has 1 unspecified atom stereocenters. The van der Waals surface area contributed by atoms with Crippen LogP contribution in [0.3, 0.4) is 0 Å². The summed E-state index contributed by atoms with van der Waals surface area (Å²) in [5.41, 5.74) is 4.04. The molecule has 2 N–H and O–H groups in total. The number of ether oxygens (including phenoxy) is 1. The zero-order valence-electron chi connectivity index (χ0n) is 17.6. The molecule has 6 nitrogen and oxygen atoms in total. The molecule has 0 saturated heterocycles. The maximum atomic E-state index is 12.9. The van der Waals surface area contributed by atoms with Crippen LogP contribution in [0, 0.1) is 13.8 Å². The summed E-state index contributed by atoms with van der Waals surface area (Å²) in [6, 6.07) is 5.94. The van der Waals surface area contributed by atoms with Crippen LogP contribution in [0.25, 0.3) is 0 Å². The maximum Gasteiger partial charge on any atom is 0.281 e. The van der Waals surface area contributed by atoms with Gasteiger partial charge < -0.3 is 19.9 Å². The topological polar surface area (TPSA) is 63.1 Å². The fourth-order valence-electron chi connectivity index (χ4n) is 3.56. The molecule has 1 aliphatic carbocycles. The zero-order valence-corrected chi connectivity index (χ0v) is 17.6. The standard InChI is InChI=1S/C22H33N3O3/c1-17-9-8-10-18(2)22(17)23-20(26)15-24(3)16-21(27)25(13-14-28-4)19-11-6-5-7-12-19/h8-11H,5-7,12-16H2,1-4H3,(H,23,26)/p+1. The predicted molar refractivity (Wildman–Crippen MR) is 111 cm³/mol. The Morgan fingerprint density at radius 2 is 1.89 bits per heavy atom. The van der Waals surface area contributed by atoms with Crippen molar-refractivity contribution in [1.82, 2.24) is 4.90 Å². The quantitative estimate of drug-likeness (QED) is 0.677. The number of likely N-dealkylation sites (N-methyl/N-ethyl adjacent to an activating group) is 1. The number of hydrogen-bond acceptors (Lipinski definition) is 3. The van der Waals surface area contributed by atoms with Crippen molar-refractivity contribution in [3.63, 3.8) is 0 Å². The van der Waals surface area contributed by atoms with Crippen molar-refractivity contribution in [1.29, 1.82) is 0 Å². The molecule has 0 aliphatic heterocycles. The van der Waals surface area contributed by atoms with E-state index in [0.717, 1.165) is 46.7 Å². The minimum atomic E-state index is -0.0805. The number of hydrogen-bond donors (Lipinski definition) is 2. The summed E-state index contributed by atoms with van der Waals surface area (Å²) in [6.45, 7) is 5.55. The second-order valence-corrected chi connectivity index (χ2v) is 7.61. The van der Waals surface area contributed by atoms with Gasteiger partial charge in [-0.1, -0.05) is 24.3 Å². The van der Waals surface area contributed by atoms with Gasteiger partial charge in [-0.3, -0.25) is 9.59 Å². The van der Waals surface area contributed by atoms with E-state index in [1.165, 1.54) is 6.42 Å². The number of carbonyl (C=O) groups excluding carboxylic acids is 2. The number of para-hydroxylation sites is 1. The molecule has 0 fully saturated rings. The molecule has 6 heteroatoms. The second-order valence-electron chi connectivity index (χ2n) is 7.61. The average Bonchev–Trinajstić information content (AvgIpc) is 2.66. The molecule has 0 radical (unpaired) electrons. The highest BCUT2D eigenvalue weighted by Crippen LogP contribution is 2.21. The molecule has 1 aromatic rings. The summed E-state index contributed by atoms with van der Waals surface area (Å²) in [7, 11) is 3.53. The average molecular weight is 389 g/mol. The van der Waals surface area contributed by atoms with E-state index in [-0.39, 0.29) is 24.9 Å². The van der Waals surface area contributed by atoms with Gasteiger partial charge in [0, 0.05) is 25.0 Å². The maximum absolute atomic E-state index is 12.9. The lowest BCUT2D eigenvalue weighted by molar-refractivity contribution is -0.862. The Labute approximate surface area is 168 Å². The van der Waals surface area contributed by atoms with Crippen molar-refractivity contribution in [3.05, 3.63) is 41.1 Å². The van der Waals surface area contributed by atoms with E-state index in [1.54, 1.807) is 7.11 Å². The number of allylic oxidation sites excluding steroid dienone is 2. The van der Waals surface area contributed by atoms with Crippen LogP contribution in [-0.4, -0.2) is 57.1 Å². The summed E-state index contributed by atoms with van der Waals surface area (Å²) in [5.74, 6) is -0.0365. The van der Waals surface area contributed by atoms with Gasteiger partial charge in [-0.25, -0.2) is 0 Å². The Morgan fingerprint density at radius 1 is 1.18 bits per heavy atom. The van der Waals surface area contributed by atoms with Gasteiger partial charge in [0.05, 0.1) is 13.7 Å². The number of aryl methyl sites for hydroxylation is 2. The molecular formula is C22H34N3O3+. The smallest absolute Gasteiger partial charge is 0.281 e. The van der Waals surface area contributed by atoms with E-state index in [2.05, 4.69) is 11.4 Å². The molecule has 28 heavy (non-hydrogen) atoms. The molecule has 0 bridgehead atoms. The van der Waals surface area contributed by atoms with Crippen LogP contribution in [0.1, 0.15) is 36.8 Å². The number of benzene rings is 1. The number of quaternary nitrogens is 1. The fourth-order valence-corrected chi connectivity index (χ4v) is 3.56. The van der Waals surface area contributed by atoms with E-state index >= 15 is 0 Å². The van der Waals surface area contributed by atoms with Crippen LogP contribution in [0.15, 0.2) is 30.0 Å². The van der Waals surface area contributed by atoms with E-state index in [1.807, 2.05) is 44.0 Å². The van der Waals surface area contributed by atoms with Crippen molar-refractivity contribution >= 4 is 17.5 Å². The Balaban J connectivity index is 1.93. The number of amides is 2. The molecule has 1 aliphatic rings. The third-order valence-electron chi connectivity index (χ3n) is 5.09. The highest BCUT2D eigenvalue weighted by molar-refractivity contribution is 5.93. The number of methoxy groups -OCH3 is 1. The molecular weight excluding hydrogens is 354 g/mol. The number of nitrogens with zero attached hydrogens (tertiary/aromatic N) is 1. The van der Waals surface area contributed by atoms with Crippen LogP contribution in [0.2, 0.25) is 0 Å². The van der Waals surface area contributed by atoms with Crippen LogP contribution in [0.5, 0.6) is 0 Å². The Morgan fingerprint density at radius 3 is 2.50 bits per heavy atom. The monoisotopic (exact) mass is 388 g/mol. The molecule has 0 heterocycles. The first-order chi connectivity index (χ1) is 13.4. The van der Waals surface area contributed by atoms with Gasteiger partial charge in [-0.2, -0.15) is 0 Å². The van der Waals surface area contributed by atoms with Gasteiger partial charge in [0.25, 0.3) is 11.8 Å². The summed E-state index contributed by atoms with van der Waals surface area (Å²) < 4.78 is 5.18. The summed E-state index contributed by atoms with van der Waals surface area (Å²) >= 11 is 0. The van der Waals surface area contributed by atoms with Crippen LogP contribution in [-0.2, 0) is 14.3 Å². The first-order valence-corrected chi connectivity index (χ1v) is 10.1. The summed E-state index contributed by atoms with van der Waals surface area (Å²) in [6.07, 6.45) is 6.41. The van der Waals surface area contributed by atoms with E-state index < -0.39 is 0 Å². The molecule has 0 spiro atoms. The van der Waals surface area contributed by atoms with Crippen molar-refractivity contribution in [2.75, 3.05) is 45.7 Å². The Hall–Kier alpha value is -2.18. The number of carbonyl (C=O) groups is 2. The van der Waals surface area contributed by atoms with Gasteiger partial charge in [0.15, 0.2) is 13.1 Å². The second kappa shape index (κ2) is 11.0. The van der Waals surface area contributed by atoms with Crippen LogP contribution >= 0.6 is 0 Å². The lowest BCUT2D eigenvalue weighted by atomic mass is 10.0. The number of nitrogens with one attached hydrogen (secondary N) is 2. The van der Waals surface area contributed by atoms with E-state index in [0.29, 0.717) is 13.2 Å². The molecule has 0 saturated carbocycles. The van der Waals surface area contributed by atoms with Crippen molar-refractivity contribution in [2.24, 2.45) is 0 Å². The number of anilines is 1. The SMILES string of the molecule is COCCN(C(=O)C[NH+](C)CC(=O)Nc1c(C)cccc1C)C1=CCCCC1. The van der Waals surface area contributed by atoms with E-state index in [4.69, 9.17) is 4.74 Å². The Bertz CT molecular complexity index is 695. The molecule has 1 atom stereocenters. The van der Waals surface area contributed by atoms with Crippen LogP contribution < -0.4 is 10.2 Å². The fraction of sp³-hybridized carbons (Fsp3) is 0.545. The predicted octanol–water partition coefficient (Wildman–Crippen LogP) is 1.69. The highest BCUT2D eigenvalue weighted by Gasteiger charge is 2.23. The Kier molecular flexibility index (Phi) is 8.67. The van der Waals surface area contributed by atoms with Gasteiger partial charge in [0.1, 0.15) is 0 Å². The molecule has 2 amide bonds. The highest BCUT2D eigenvalue weighted by atomic mass is 16.5. The molecule has 154 valence electrons. The van der Waals surface area contributed by atoms with Gasteiger partial charge in [0.2, 0.25) is 0 Å². The number of rotatable bonds is 9. The third-order valence-corrected chi connectivity index (χ3v) is 5.09. The van der Waals surface area contributed by atoms with Crippen LogP contribution in [0.4, 0.5) is 5.69 Å². The molecule has 0 aromatic heterocycles. The summed E-state index contributed by atoms with van der Waals surface area (Å²) in [5, 5.41) is 2.99. The third kappa shape index (κ3) is 6.46. The zero-order chi connectivity index (χ0) is 20.5. The first-order valence-electron chi connectivity index (χ1n) is 10.1. The van der Waals surface area contributed by atoms with Crippen molar-refractivity contribution in [2.45, 2.75) is 39.5 Å². The molecule has 2 rings (SSSR count). The van der Waals surface area contributed by atoms with Gasteiger partial charge in [-0.15, -0.1) is 0 Å². The molecule has 1 aromatic carbocycles. The lowest BCUT2D eigenvalue weighted by Crippen LogP contribution is -3.11. The lowest BCUT2D eigenvalue weighted by Gasteiger charge is -2.28. The summed E-state index contributed by atoms with van der Waals surface area (Å²) in [4.78, 5) is 28.1. The first kappa shape index (κ1) is 22.1. The minimum Gasteiger partial charge on any atom is -0.383 e. The van der Waals surface area contributed by atoms with Gasteiger partial charge in [-0.05, 0) is 50.7 Å². The largest absolute Gasteiger partial charge is 0.383 e. The van der Waals surface area contributed by atoms with E-state index in [9.17, 15) is 9.59 Å².